The van der Waals surface area contributed by atoms with Crippen molar-refractivity contribution in [1.82, 2.24) is 15.5 Å². The van der Waals surface area contributed by atoms with Crippen LogP contribution in [0, 0.1) is 0 Å². The van der Waals surface area contributed by atoms with Crippen LogP contribution in [0.1, 0.15) is 17.9 Å². The summed E-state index contributed by atoms with van der Waals surface area (Å²) < 4.78 is 5.25. The van der Waals surface area contributed by atoms with Crippen LogP contribution < -0.4 is 5.32 Å². The molecule has 0 unspecified atom stereocenters. The van der Waals surface area contributed by atoms with E-state index in [9.17, 15) is 4.79 Å². The average Bonchev–Trinajstić information content (AvgIpc) is 3.20. The van der Waals surface area contributed by atoms with Crippen LogP contribution in [-0.2, 0) is 17.8 Å². The van der Waals surface area contributed by atoms with Gasteiger partial charge in [0, 0.05) is 24.9 Å². The van der Waals surface area contributed by atoms with Gasteiger partial charge in [-0.15, -0.1) is 0 Å². The second-order valence-electron chi connectivity index (χ2n) is 6.29. The lowest BCUT2D eigenvalue weighted by Gasteiger charge is -2.08. The van der Waals surface area contributed by atoms with E-state index in [2.05, 4.69) is 33.7 Å². The Hall–Kier alpha value is -3.47. The molecule has 0 radical (unpaired) electrons. The maximum Gasteiger partial charge on any atom is 0.227 e. The molecule has 0 saturated heterocycles. The largest absolute Gasteiger partial charge is 0.352 e. The molecule has 0 atom stereocenters. The average molecular weight is 357 g/mol. The maximum atomic E-state index is 12.2. The summed E-state index contributed by atoms with van der Waals surface area (Å²) in [7, 11) is 0. The Labute approximate surface area is 157 Å². The Morgan fingerprint density at radius 2 is 1.70 bits per heavy atom. The molecule has 1 heterocycles. The lowest BCUT2D eigenvalue weighted by atomic mass is 10.0. The van der Waals surface area contributed by atoms with Crippen molar-refractivity contribution < 1.29 is 9.32 Å². The third kappa shape index (κ3) is 4.03. The minimum atomic E-state index is -0.0394. The van der Waals surface area contributed by atoms with Gasteiger partial charge >= 0.3 is 0 Å². The number of nitrogens with zero attached hydrogens (tertiary/aromatic N) is 2. The number of hydrogen-bond donors (Lipinski definition) is 1. The molecular weight excluding hydrogens is 338 g/mol. The van der Waals surface area contributed by atoms with Gasteiger partial charge in [0.15, 0.2) is 0 Å². The van der Waals surface area contributed by atoms with Crippen molar-refractivity contribution in [2.75, 3.05) is 0 Å². The first-order valence-corrected chi connectivity index (χ1v) is 8.91. The third-order valence-corrected chi connectivity index (χ3v) is 4.42. The van der Waals surface area contributed by atoms with Crippen molar-refractivity contribution in [3.05, 3.63) is 84.3 Å². The molecule has 5 heteroatoms. The minimum Gasteiger partial charge on any atom is -0.352 e. The highest BCUT2D eigenvalue weighted by Gasteiger charge is 2.10. The van der Waals surface area contributed by atoms with Gasteiger partial charge < -0.3 is 9.84 Å². The zero-order valence-electron chi connectivity index (χ0n) is 14.8. The van der Waals surface area contributed by atoms with Crippen LogP contribution in [0.5, 0.6) is 0 Å². The van der Waals surface area contributed by atoms with Crippen LogP contribution in [0.2, 0.25) is 0 Å². The molecule has 27 heavy (non-hydrogen) atoms. The Morgan fingerprint density at radius 1 is 0.926 bits per heavy atom. The number of hydrogen-bond acceptors (Lipinski definition) is 4. The van der Waals surface area contributed by atoms with E-state index < -0.39 is 0 Å². The van der Waals surface area contributed by atoms with E-state index in [4.69, 9.17) is 4.52 Å². The number of amides is 1. The molecule has 134 valence electrons. The summed E-state index contributed by atoms with van der Waals surface area (Å²) in [4.78, 5) is 16.6. The van der Waals surface area contributed by atoms with E-state index in [1.807, 2.05) is 54.6 Å². The van der Waals surface area contributed by atoms with Crippen molar-refractivity contribution >= 4 is 16.7 Å². The lowest BCUT2D eigenvalue weighted by molar-refractivity contribution is -0.121. The number of aryl methyl sites for hydroxylation is 1. The normalized spacial score (nSPS) is 10.8. The van der Waals surface area contributed by atoms with E-state index in [1.165, 1.54) is 5.39 Å². The quantitative estimate of drug-likeness (QED) is 0.563. The van der Waals surface area contributed by atoms with E-state index in [0.29, 0.717) is 31.1 Å². The monoisotopic (exact) mass is 357 g/mol. The van der Waals surface area contributed by atoms with Crippen LogP contribution in [0.4, 0.5) is 0 Å². The Morgan fingerprint density at radius 3 is 2.59 bits per heavy atom. The highest BCUT2D eigenvalue weighted by atomic mass is 16.5. The summed E-state index contributed by atoms with van der Waals surface area (Å²) in [6.45, 7) is 0.499. The number of fused-ring (bicyclic) bond motifs is 1. The van der Waals surface area contributed by atoms with Crippen LogP contribution in [0.25, 0.3) is 22.2 Å². The summed E-state index contributed by atoms with van der Waals surface area (Å²) in [6, 6.07) is 23.9. The number of benzene rings is 3. The van der Waals surface area contributed by atoms with Gasteiger partial charge in [0.05, 0.1) is 0 Å². The molecule has 4 rings (SSSR count). The first-order chi connectivity index (χ1) is 13.3. The van der Waals surface area contributed by atoms with E-state index in [0.717, 1.165) is 16.5 Å². The predicted molar refractivity (Wildman–Crippen MR) is 104 cm³/mol. The molecule has 0 bridgehead atoms. The lowest BCUT2D eigenvalue weighted by Crippen LogP contribution is -2.23. The fourth-order valence-electron chi connectivity index (χ4n) is 3.01. The number of aromatic nitrogens is 2. The molecule has 0 spiro atoms. The number of carbonyl (C=O) groups excluding carboxylic acids is 1. The standard InChI is InChI=1S/C22H19N3O2/c26-20(23-15-18-11-6-10-16-7-4-5-12-19(16)18)13-14-21-24-22(25-27-21)17-8-2-1-3-9-17/h1-12H,13-15H2,(H,23,26). The molecule has 1 amide bonds. The van der Waals surface area contributed by atoms with Crippen LogP contribution >= 0.6 is 0 Å². The van der Waals surface area contributed by atoms with Gasteiger partial charge in [-0.25, -0.2) is 0 Å². The highest BCUT2D eigenvalue weighted by molar-refractivity contribution is 5.86. The molecule has 0 aliphatic rings. The third-order valence-electron chi connectivity index (χ3n) is 4.42. The molecule has 0 fully saturated rings. The van der Waals surface area contributed by atoms with Crippen LogP contribution in [0.3, 0.4) is 0 Å². The fourth-order valence-corrected chi connectivity index (χ4v) is 3.01. The van der Waals surface area contributed by atoms with Crippen molar-refractivity contribution in [2.24, 2.45) is 0 Å². The summed E-state index contributed by atoms with van der Waals surface area (Å²) >= 11 is 0. The van der Waals surface area contributed by atoms with Gasteiger partial charge in [0.1, 0.15) is 0 Å². The fraction of sp³-hybridized carbons (Fsp3) is 0.136. The Kier molecular flexibility index (Phi) is 4.92. The van der Waals surface area contributed by atoms with Crippen LogP contribution in [0.15, 0.2) is 77.3 Å². The van der Waals surface area contributed by atoms with Crippen molar-refractivity contribution in [3.8, 4) is 11.4 Å². The first kappa shape index (κ1) is 17.0. The van der Waals surface area contributed by atoms with Crippen molar-refractivity contribution in [3.63, 3.8) is 0 Å². The molecular formula is C22H19N3O2. The van der Waals surface area contributed by atoms with Gasteiger partial charge in [-0.2, -0.15) is 4.98 Å². The zero-order chi connectivity index (χ0) is 18.5. The number of rotatable bonds is 6. The number of carbonyl (C=O) groups is 1. The molecule has 1 N–H and O–H groups in total. The summed E-state index contributed by atoms with van der Waals surface area (Å²) in [5.41, 5.74) is 2.00. The van der Waals surface area contributed by atoms with Gasteiger partial charge in [-0.05, 0) is 16.3 Å². The first-order valence-electron chi connectivity index (χ1n) is 8.91. The van der Waals surface area contributed by atoms with Gasteiger partial charge in [-0.3, -0.25) is 4.79 Å². The molecule has 3 aromatic carbocycles. The van der Waals surface area contributed by atoms with E-state index in [1.54, 1.807) is 0 Å². The topological polar surface area (TPSA) is 68.0 Å². The second kappa shape index (κ2) is 7.83. The second-order valence-corrected chi connectivity index (χ2v) is 6.29. The van der Waals surface area contributed by atoms with Gasteiger partial charge in [0.25, 0.3) is 0 Å². The summed E-state index contributed by atoms with van der Waals surface area (Å²) in [6.07, 6.45) is 0.725. The Bertz CT molecular complexity index is 1050. The molecule has 4 aromatic rings. The zero-order valence-corrected chi connectivity index (χ0v) is 14.8. The van der Waals surface area contributed by atoms with Crippen molar-refractivity contribution in [1.29, 1.82) is 0 Å². The van der Waals surface area contributed by atoms with Gasteiger partial charge in [0.2, 0.25) is 17.6 Å². The number of nitrogens with one attached hydrogen (secondary N) is 1. The molecule has 1 aromatic heterocycles. The smallest absolute Gasteiger partial charge is 0.227 e. The SMILES string of the molecule is O=C(CCc1nc(-c2ccccc2)no1)NCc1cccc2ccccc12. The molecule has 0 aliphatic carbocycles. The van der Waals surface area contributed by atoms with E-state index in [-0.39, 0.29) is 5.91 Å². The van der Waals surface area contributed by atoms with E-state index >= 15 is 0 Å². The Balaban J connectivity index is 1.33. The molecule has 0 aliphatic heterocycles. The predicted octanol–water partition coefficient (Wildman–Crippen LogP) is 4.14. The minimum absolute atomic E-state index is 0.0394. The highest BCUT2D eigenvalue weighted by Crippen LogP contribution is 2.18. The van der Waals surface area contributed by atoms with Crippen molar-refractivity contribution in [2.45, 2.75) is 19.4 Å². The summed E-state index contributed by atoms with van der Waals surface area (Å²) in [5, 5.41) is 9.27. The summed E-state index contributed by atoms with van der Waals surface area (Å²) in [5.74, 6) is 0.971. The van der Waals surface area contributed by atoms with Crippen LogP contribution in [-0.4, -0.2) is 16.0 Å². The van der Waals surface area contributed by atoms with Gasteiger partial charge in [-0.1, -0.05) is 78.0 Å². The molecule has 0 saturated carbocycles. The maximum absolute atomic E-state index is 12.2. The molecule has 5 nitrogen and oxygen atoms in total.